The van der Waals surface area contributed by atoms with Gasteiger partial charge in [0, 0.05) is 18.5 Å². The normalized spacial score (nSPS) is 30.4. The van der Waals surface area contributed by atoms with Crippen molar-refractivity contribution in [1.29, 1.82) is 0 Å². The number of hydrogen-bond acceptors (Lipinski definition) is 5. The zero-order valence-corrected chi connectivity index (χ0v) is 14.5. The molecule has 1 aromatic heterocycles. The molecule has 2 aliphatic rings. The summed E-state index contributed by atoms with van der Waals surface area (Å²) < 4.78 is 3.82. The van der Waals surface area contributed by atoms with Crippen molar-refractivity contribution in [3.8, 4) is 0 Å². The van der Waals surface area contributed by atoms with E-state index in [1.54, 1.807) is 6.92 Å². The molecular formula is C16H24N4O2S. The number of amides is 2. The number of nitrogens with one attached hydrogen (secondary N) is 2. The SMILES string of the molecule is CCCC1CC(=O)NC2CC(NC(=O)c3snnc3C)CCC12. The monoisotopic (exact) mass is 336 g/mol. The quantitative estimate of drug-likeness (QED) is 0.881. The highest BCUT2D eigenvalue weighted by Gasteiger charge is 2.40. The standard InChI is InChI=1S/C16H24N4O2S/c1-3-4-10-7-14(21)18-13-8-11(5-6-12(10)13)17-16(22)15-9(2)19-20-23-15/h10-13H,3-8H2,1-2H3,(H,17,22)(H,18,21). The molecule has 1 aliphatic heterocycles. The van der Waals surface area contributed by atoms with Gasteiger partial charge in [-0.2, -0.15) is 0 Å². The first-order valence-electron chi connectivity index (χ1n) is 8.47. The number of hydrogen-bond donors (Lipinski definition) is 2. The van der Waals surface area contributed by atoms with Crippen LogP contribution in [0.25, 0.3) is 0 Å². The van der Waals surface area contributed by atoms with Gasteiger partial charge >= 0.3 is 0 Å². The van der Waals surface area contributed by atoms with Gasteiger partial charge in [0.2, 0.25) is 5.91 Å². The Morgan fingerprint density at radius 2 is 2.26 bits per heavy atom. The first kappa shape index (κ1) is 16.4. The van der Waals surface area contributed by atoms with E-state index < -0.39 is 0 Å². The lowest BCUT2D eigenvalue weighted by Crippen LogP contribution is -2.55. The molecule has 4 atom stereocenters. The Morgan fingerprint density at radius 1 is 1.43 bits per heavy atom. The van der Waals surface area contributed by atoms with Gasteiger partial charge in [0.25, 0.3) is 5.91 Å². The molecule has 1 saturated carbocycles. The van der Waals surface area contributed by atoms with Gasteiger partial charge in [-0.1, -0.05) is 17.8 Å². The minimum absolute atomic E-state index is 0.0896. The van der Waals surface area contributed by atoms with Crippen molar-refractivity contribution in [2.45, 2.75) is 64.5 Å². The highest BCUT2D eigenvalue weighted by Crippen LogP contribution is 2.37. The minimum atomic E-state index is -0.0896. The van der Waals surface area contributed by atoms with E-state index in [4.69, 9.17) is 0 Å². The van der Waals surface area contributed by atoms with Crippen LogP contribution in [0.4, 0.5) is 0 Å². The van der Waals surface area contributed by atoms with Crippen LogP contribution in [0.2, 0.25) is 0 Å². The molecule has 2 amide bonds. The Kier molecular flexibility index (Phi) is 4.94. The lowest BCUT2D eigenvalue weighted by molar-refractivity contribution is -0.127. The second kappa shape index (κ2) is 6.95. The van der Waals surface area contributed by atoms with Crippen LogP contribution in [0.5, 0.6) is 0 Å². The summed E-state index contributed by atoms with van der Waals surface area (Å²) in [4.78, 5) is 24.9. The van der Waals surface area contributed by atoms with Crippen molar-refractivity contribution in [3.05, 3.63) is 10.6 Å². The Bertz CT molecular complexity index is 588. The van der Waals surface area contributed by atoms with Crippen molar-refractivity contribution in [1.82, 2.24) is 20.2 Å². The predicted molar refractivity (Wildman–Crippen MR) is 88.2 cm³/mol. The van der Waals surface area contributed by atoms with Crippen LogP contribution >= 0.6 is 11.5 Å². The number of nitrogens with zero attached hydrogens (tertiary/aromatic N) is 2. The summed E-state index contributed by atoms with van der Waals surface area (Å²) in [6.07, 6.45) is 5.79. The summed E-state index contributed by atoms with van der Waals surface area (Å²) in [6.45, 7) is 3.98. The molecule has 1 saturated heterocycles. The van der Waals surface area contributed by atoms with E-state index in [0.29, 0.717) is 28.8 Å². The molecule has 3 rings (SSSR count). The van der Waals surface area contributed by atoms with Gasteiger partial charge in [-0.25, -0.2) is 0 Å². The molecular weight excluding hydrogens is 312 g/mol. The molecule has 1 aromatic rings. The highest BCUT2D eigenvalue weighted by atomic mass is 32.1. The van der Waals surface area contributed by atoms with Crippen molar-refractivity contribution >= 4 is 23.3 Å². The number of piperidine rings is 1. The first-order valence-corrected chi connectivity index (χ1v) is 9.25. The van der Waals surface area contributed by atoms with Crippen molar-refractivity contribution < 1.29 is 9.59 Å². The number of aryl methyl sites for hydroxylation is 1. The maximum absolute atomic E-state index is 12.3. The predicted octanol–water partition coefficient (Wildman–Crippen LogP) is 2.05. The number of rotatable bonds is 4. The second-order valence-corrected chi connectivity index (χ2v) is 7.52. The zero-order chi connectivity index (χ0) is 16.4. The van der Waals surface area contributed by atoms with Gasteiger partial charge in [-0.3, -0.25) is 9.59 Å². The van der Waals surface area contributed by atoms with Gasteiger partial charge in [0.15, 0.2) is 0 Å². The molecule has 0 radical (unpaired) electrons. The first-order chi connectivity index (χ1) is 11.1. The lowest BCUT2D eigenvalue weighted by Gasteiger charge is -2.44. The molecule has 2 heterocycles. The largest absolute Gasteiger partial charge is 0.353 e. The van der Waals surface area contributed by atoms with E-state index in [-0.39, 0.29) is 23.9 Å². The fourth-order valence-corrected chi connectivity index (χ4v) is 4.65. The Balaban J connectivity index is 1.62. The highest BCUT2D eigenvalue weighted by molar-refractivity contribution is 7.08. The molecule has 2 fully saturated rings. The molecule has 7 heteroatoms. The third-order valence-corrected chi connectivity index (χ3v) is 5.98. The summed E-state index contributed by atoms with van der Waals surface area (Å²) in [7, 11) is 0. The van der Waals surface area contributed by atoms with E-state index in [1.807, 2.05) is 0 Å². The van der Waals surface area contributed by atoms with Crippen molar-refractivity contribution in [2.24, 2.45) is 11.8 Å². The molecule has 0 bridgehead atoms. The molecule has 6 nitrogen and oxygen atoms in total. The summed E-state index contributed by atoms with van der Waals surface area (Å²) >= 11 is 1.13. The maximum atomic E-state index is 12.3. The van der Waals surface area contributed by atoms with E-state index in [0.717, 1.165) is 43.6 Å². The molecule has 4 unspecified atom stereocenters. The fraction of sp³-hybridized carbons (Fsp3) is 0.750. The Morgan fingerprint density at radius 3 is 2.96 bits per heavy atom. The van der Waals surface area contributed by atoms with Crippen LogP contribution in [0.1, 0.15) is 60.8 Å². The minimum Gasteiger partial charge on any atom is -0.353 e. The fourth-order valence-electron chi connectivity index (χ4n) is 4.09. The molecule has 0 spiro atoms. The van der Waals surface area contributed by atoms with E-state index in [2.05, 4.69) is 27.1 Å². The van der Waals surface area contributed by atoms with Gasteiger partial charge in [0.1, 0.15) is 4.88 Å². The van der Waals surface area contributed by atoms with E-state index in [9.17, 15) is 9.59 Å². The zero-order valence-electron chi connectivity index (χ0n) is 13.7. The number of aromatic nitrogens is 2. The van der Waals surface area contributed by atoms with Gasteiger partial charge in [0.05, 0.1) is 5.69 Å². The third kappa shape index (κ3) is 3.54. The second-order valence-electron chi connectivity index (χ2n) is 6.76. The Hall–Kier alpha value is -1.50. The number of carbonyl (C=O) groups excluding carboxylic acids is 2. The third-order valence-electron chi connectivity index (χ3n) is 5.16. The van der Waals surface area contributed by atoms with Gasteiger partial charge in [-0.05, 0) is 56.0 Å². The topological polar surface area (TPSA) is 84.0 Å². The lowest BCUT2D eigenvalue weighted by atomic mass is 9.70. The average molecular weight is 336 g/mol. The van der Waals surface area contributed by atoms with Crippen molar-refractivity contribution in [2.75, 3.05) is 0 Å². The number of fused-ring (bicyclic) bond motifs is 1. The van der Waals surface area contributed by atoms with Crippen LogP contribution in [0.3, 0.4) is 0 Å². The molecule has 23 heavy (non-hydrogen) atoms. The smallest absolute Gasteiger partial charge is 0.265 e. The van der Waals surface area contributed by atoms with E-state index >= 15 is 0 Å². The van der Waals surface area contributed by atoms with Gasteiger partial charge < -0.3 is 10.6 Å². The summed E-state index contributed by atoms with van der Waals surface area (Å²) in [6, 6.07) is 0.318. The average Bonchev–Trinajstić information content (AvgIpc) is 2.93. The van der Waals surface area contributed by atoms with Gasteiger partial charge in [-0.15, -0.1) is 5.10 Å². The van der Waals surface area contributed by atoms with Crippen LogP contribution in [0.15, 0.2) is 0 Å². The van der Waals surface area contributed by atoms with Crippen LogP contribution < -0.4 is 10.6 Å². The summed E-state index contributed by atoms with van der Waals surface area (Å²) in [5, 5.41) is 10.1. The molecule has 126 valence electrons. The summed E-state index contributed by atoms with van der Waals surface area (Å²) in [5.41, 5.74) is 0.676. The Labute approximate surface area is 140 Å². The molecule has 1 aliphatic carbocycles. The van der Waals surface area contributed by atoms with E-state index in [1.165, 1.54) is 0 Å². The van der Waals surface area contributed by atoms with Crippen LogP contribution in [-0.4, -0.2) is 33.5 Å². The summed E-state index contributed by atoms with van der Waals surface area (Å²) in [5.74, 6) is 1.14. The molecule has 0 aromatic carbocycles. The maximum Gasteiger partial charge on any atom is 0.265 e. The van der Waals surface area contributed by atoms with Crippen molar-refractivity contribution in [3.63, 3.8) is 0 Å². The molecule has 2 N–H and O–H groups in total. The number of carbonyl (C=O) groups is 2. The van der Waals surface area contributed by atoms with Crippen LogP contribution in [0, 0.1) is 18.8 Å². The van der Waals surface area contributed by atoms with Crippen LogP contribution in [-0.2, 0) is 4.79 Å².